The lowest BCUT2D eigenvalue weighted by atomic mass is 10.1. The van der Waals surface area contributed by atoms with Gasteiger partial charge in [-0.3, -0.25) is 4.90 Å². The molecule has 0 amide bonds. The molecule has 0 aliphatic carbocycles. The Bertz CT molecular complexity index is 924. The second-order valence-electron chi connectivity index (χ2n) is 7.12. The van der Waals surface area contributed by atoms with Gasteiger partial charge in [0.25, 0.3) is 0 Å². The molecule has 0 atom stereocenters. The van der Waals surface area contributed by atoms with Gasteiger partial charge in [0.05, 0.1) is 6.07 Å². The molecule has 146 valence electrons. The number of aryl methyl sites for hydroxylation is 1. The molecule has 2 heterocycles. The van der Waals surface area contributed by atoms with Gasteiger partial charge in [0.2, 0.25) is 0 Å². The number of halogens is 1. The summed E-state index contributed by atoms with van der Waals surface area (Å²) in [5.74, 6) is 0. The molecule has 2 aromatic carbocycles. The Labute approximate surface area is 177 Å². The molecule has 1 fully saturated rings. The van der Waals surface area contributed by atoms with Gasteiger partial charge in [-0.25, -0.2) is 0 Å². The van der Waals surface area contributed by atoms with Crippen molar-refractivity contribution >= 4 is 39.5 Å². The first kappa shape index (κ1) is 20.7. The molecule has 0 saturated carbocycles. The van der Waals surface area contributed by atoms with E-state index in [0.717, 1.165) is 45.6 Å². The van der Waals surface area contributed by atoms with Gasteiger partial charge in [0.15, 0.2) is 0 Å². The quantitative estimate of drug-likeness (QED) is 0.562. The highest BCUT2D eigenvalue weighted by atomic mass is 35.5. The molecule has 1 aliphatic heterocycles. The lowest BCUT2D eigenvalue weighted by Gasteiger charge is -2.36. The van der Waals surface area contributed by atoms with Crippen LogP contribution in [0.15, 0.2) is 54.6 Å². The molecule has 1 aliphatic rings. The van der Waals surface area contributed by atoms with Gasteiger partial charge >= 0.3 is 0 Å². The number of hydrogen-bond acceptors (Lipinski definition) is 4. The zero-order valence-electron chi connectivity index (χ0n) is 16.0. The third kappa shape index (κ3) is 4.86. The van der Waals surface area contributed by atoms with E-state index in [1.807, 2.05) is 11.3 Å². The maximum atomic E-state index is 8.84. The Morgan fingerprint density at radius 2 is 1.71 bits per heavy atom. The van der Waals surface area contributed by atoms with E-state index >= 15 is 0 Å². The molecule has 5 heteroatoms. The Balaban J connectivity index is 0.00000225. The van der Waals surface area contributed by atoms with Crippen molar-refractivity contribution in [1.82, 2.24) is 4.90 Å². The van der Waals surface area contributed by atoms with Crippen LogP contribution in [0, 0.1) is 11.3 Å². The van der Waals surface area contributed by atoms with Gasteiger partial charge in [-0.1, -0.05) is 36.4 Å². The predicted molar refractivity (Wildman–Crippen MR) is 122 cm³/mol. The fourth-order valence-electron chi connectivity index (χ4n) is 3.82. The second kappa shape index (κ2) is 9.93. The van der Waals surface area contributed by atoms with Crippen LogP contribution in [0.2, 0.25) is 0 Å². The van der Waals surface area contributed by atoms with Crippen molar-refractivity contribution in [3.05, 3.63) is 65.0 Å². The average Bonchev–Trinajstić information content (AvgIpc) is 3.15. The molecule has 0 unspecified atom stereocenters. The molecule has 28 heavy (non-hydrogen) atoms. The number of anilines is 1. The summed E-state index contributed by atoms with van der Waals surface area (Å²) in [7, 11) is 0. The van der Waals surface area contributed by atoms with Crippen molar-refractivity contribution < 1.29 is 0 Å². The molecule has 4 rings (SSSR count). The molecule has 1 aromatic heterocycles. The Kier molecular flexibility index (Phi) is 7.33. The summed E-state index contributed by atoms with van der Waals surface area (Å²) in [6, 6.07) is 22.0. The molecular formula is C23H26ClN3S. The summed E-state index contributed by atoms with van der Waals surface area (Å²) < 4.78 is 1.34. The van der Waals surface area contributed by atoms with Crippen LogP contribution >= 0.6 is 23.7 Å². The van der Waals surface area contributed by atoms with Crippen molar-refractivity contribution in [2.24, 2.45) is 0 Å². The molecule has 0 radical (unpaired) electrons. The van der Waals surface area contributed by atoms with Crippen LogP contribution in [0.1, 0.15) is 16.9 Å². The van der Waals surface area contributed by atoms with Crippen molar-refractivity contribution in [3.63, 3.8) is 0 Å². The normalized spacial score (nSPS) is 14.6. The summed E-state index contributed by atoms with van der Waals surface area (Å²) >= 11 is 1.83. The van der Waals surface area contributed by atoms with E-state index in [9.17, 15) is 0 Å². The highest BCUT2D eigenvalue weighted by molar-refractivity contribution is 7.19. The minimum Gasteiger partial charge on any atom is -0.368 e. The Morgan fingerprint density at radius 1 is 0.929 bits per heavy atom. The highest BCUT2D eigenvalue weighted by Crippen LogP contribution is 2.34. The third-order valence-electron chi connectivity index (χ3n) is 5.35. The largest absolute Gasteiger partial charge is 0.368 e. The van der Waals surface area contributed by atoms with E-state index in [1.54, 1.807) is 0 Å². The zero-order valence-corrected chi connectivity index (χ0v) is 17.6. The summed E-state index contributed by atoms with van der Waals surface area (Å²) in [4.78, 5) is 6.43. The molecule has 0 spiro atoms. The maximum Gasteiger partial charge on any atom is 0.0625 e. The number of hydrogen-bond donors (Lipinski definition) is 0. The van der Waals surface area contributed by atoms with Crippen molar-refractivity contribution in [3.8, 4) is 6.07 Å². The fourth-order valence-corrected chi connectivity index (χ4v) is 4.90. The van der Waals surface area contributed by atoms with Gasteiger partial charge in [-0.15, -0.1) is 23.7 Å². The summed E-state index contributed by atoms with van der Waals surface area (Å²) in [6.45, 7) is 5.54. The minimum atomic E-state index is 0. The average molecular weight is 412 g/mol. The van der Waals surface area contributed by atoms with E-state index in [4.69, 9.17) is 5.26 Å². The third-order valence-corrected chi connectivity index (χ3v) is 6.51. The second-order valence-corrected chi connectivity index (χ2v) is 8.29. The maximum absolute atomic E-state index is 8.84. The first-order valence-corrected chi connectivity index (χ1v) is 10.5. The molecule has 0 N–H and O–H groups in total. The number of rotatable bonds is 6. The van der Waals surface area contributed by atoms with Crippen molar-refractivity contribution in [1.29, 1.82) is 5.26 Å². The topological polar surface area (TPSA) is 30.3 Å². The zero-order chi connectivity index (χ0) is 18.5. The summed E-state index contributed by atoms with van der Waals surface area (Å²) in [5, 5.41) is 10.2. The minimum absolute atomic E-state index is 0. The number of nitrogens with zero attached hydrogens (tertiary/aromatic N) is 3. The summed E-state index contributed by atoms with van der Waals surface area (Å²) in [5.41, 5.74) is 2.78. The predicted octanol–water partition coefficient (Wildman–Crippen LogP) is 5.14. The Hall–Kier alpha value is -2.06. The van der Waals surface area contributed by atoms with Gasteiger partial charge in [0, 0.05) is 59.8 Å². The number of piperazine rings is 1. The lowest BCUT2D eigenvalue weighted by Crippen LogP contribution is -2.47. The molecular weight excluding hydrogens is 386 g/mol. The van der Waals surface area contributed by atoms with Crippen LogP contribution in [0.25, 0.3) is 10.1 Å². The van der Waals surface area contributed by atoms with Gasteiger partial charge in [-0.05, 0) is 36.6 Å². The Morgan fingerprint density at radius 3 is 2.46 bits per heavy atom. The smallest absolute Gasteiger partial charge is 0.0625 e. The molecule has 3 nitrogen and oxygen atoms in total. The van der Waals surface area contributed by atoms with E-state index in [2.05, 4.69) is 70.5 Å². The first-order chi connectivity index (χ1) is 13.3. The van der Waals surface area contributed by atoms with Gasteiger partial charge in [0.1, 0.15) is 0 Å². The van der Waals surface area contributed by atoms with Crippen LogP contribution in [-0.2, 0) is 12.8 Å². The standard InChI is InChI=1S/C23H25N3S.ClH/c24-12-5-8-20-18-21-22(9-4-10-23(21)27-20)26-16-14-25(15-17-26)13-11-19-6-2-1-3-7-19;/h1-4,6-7,9-10,18H,5,8,11,13-17H2;1H. The lowest BCUT2D eigenvalue weighted by molar-refractivity contribution is 0.261. The SMILES string of the molecule is Cl.N#CCCc1cc2c(N3CCN(CCc4ccccc4)CC3)cccc2s1. The van der Waals surface area contributed by atoms with Crippen LogP contribution in [0.5, 0.6) is 0 Å². The van der Waals surface area contributed by atoms with Crippen LogP contribution in [-0.4, -0.2) is 37.6 Å². The van der Waals surface area contributed by atoms with E-state index in [-0.39, 0.29) is 12.4 Å². The molecule has 1 saturated heterocycles. The fraction of sp³-hybridized carbons (Fsp3) is 0.348. The summed E-state index contributed by atoms with van der Waals surface area (Å²) in [6.07, 6.45) is 2.59. The van der Waals surface area contributed by atoms with Gasteiger partial charge < -0.3 is 4.90 Å². The van der Waals surface area contributed by atoms with Crippen LogP contribution in [0.4, 0.5) is 5.69 Å². The van der Waals surface area contributed by atoms with Gasteiger partial charge in [-0.2, -0.15) is 5.26 Å². The van der Waals surface area contributed by atoms with Crippen LogP contribution in [0.3, 0.4) is 0 Å². The van der Waals surface area contributed by atoms with E-state index in [1.165, 1.54) is 26.2 Å². The molecule has 0 bridgehead atoms. The number of thiophene rings is 1. The number of nitriles is 1. The van der Waals surface area contributed by atoms with E-state index in [0.29, 0.717) is 6.42 Å². The molecule has 3 aromatic rings. The first-order valence-electron chi connectivity index (χ1n) is 9.73. The monoisotopic (exact) mass is 411 g/mol. The van der Waals surface area contributed by atoms with Crippen molar-refractivity contribution in [2.75, 3.05) is 37.6 Å². The highest BCUT2D eigenvalue weighted by Gasteiger charge is 2.19. The number of fused-ring (bicyclic) bond motifs is 1. The number of benzene rings is 2. The van der Waals surface area contributed by atoms with Crippen LogP contribution < -0.4 is 4.90 Å². The van der Waals surface area contributed by atoms with E-state index < -0.39 is 0 Å². The van der Waals surface area contributed by atoms with Crippen molar-refractivity contribution in [2.45, 2.75) is 19.3 Å².